The van der Waals surface area contributed by atoms with E-state index >= 15 is 0 Å². The zero-order valence-corrected chi connectivity index (χ0v) is 32.9. The second-order valence-corrected chi connectivity index (χ2v) is 15.7. The molecule has 2 heterocycles. The molecule has 2 aromatic heterocycles. The van der Waals surface area contributed by atoms with E-state index in [0.717, 1.165) is 56.3 Å². The molecule has 0 saturated heterocycles. The molecule has 11 rings (SSSR count). The van der Waals surface area contributed by atoms with Crippen molar-refractivity contribution in [3.05, 3.63) is 198 Å². The number of fused-ring (bicyclic) bond motifs is 9. The fourth-order valence-corrected chi connectivity index (χ4v) is 9.39. The molecular formula is C54H41N3O2. The quantitative estimate of drug-likeness (QED) is 0.162. The van der Waals surface area contributed by atoms with Gasteiger partial charge in [0.2, 0.25) is 0 Å². The van der Waals surface area contributed by atoms with Crippen LogP contribution in [0.2, 0.25) is 0 Å². The van der Waals surface area contributed by atoms with Crippen LogP contribution in [0.25, 0.3) is 59.6 Å². The van der Waals surface area contributed by atoms with Crippen LogP contribution in [0.15, 0.2) is 176 Å². The van der Waals surface area contributed by atoms with E-state index < -0.39 is 0 Å². The van der Waals surface area contributed by atoms with E-state index in [1.807, 2.05) is 36.4 Å². The number of aliphatic hydroxyl groups is 2. The lowest BCUT2D eigenvalue weighted by Gasteiger charge is -2.28. The van der Waals surface area contributed by atoms with Crippen molar-refractivity contribution in [2.24, 2.45) is 0 Å². The highest BCUT2D eigenvalue weighted by molar-refractivity contribution is 6.32. The Balaban J connectivity index is 1.23. The van der Waals surface area contributed by atoms with E-state index in [0.29, 0.717) is 0 Å². The Hall–Kier alpha value is -7.18. The van der Waals surface area contributed by atoms with Crippen LogP contribution in [0.5, 0.6) is 0 Å². The minimum Gasteiger partial charge on any atom is -0.392 e. The number of nitrogens with zero attached hydrogens (tertiary/aromatic N) is 3. The molecule has 11 aromatic rings. The third-order valence-electron chi connectivity index (χ3n) is 12.1. The maximum Gasteiger partial charge on any atom is 0.0702 e. The van der Waals surface area contributed by atoms with Gasteiger partial charge in [-0.1, -0.05) is 97.1 Å². The van der Waals surface area contributed by atoms with Crippen LogP contribution < -0.4 is 9.80 Å². The number of aliphatic hydroxyl groups excluding tert-OH is 2. The highest BCUT2D eigenvalue weighted by atomic mass is 16.3. The van der Waals surface area contributed by atoms with Gasteiger partial charge in [0.15, 0.2) is 0 Å². The monoisotopic (exact) mass is 763 g/mol. The van der Waals surface area contributed by atoms with Crippen molar-refractivity contribution in [3.8, 4) is 0 Å². The lowest BCUT2D eigenvalue weighted by molar-refractivity contribution is 0.282. The summed E-state index contributed by atoms with van der Waals surface area (Å²) in [7, 11) is 0. The van der Waals surface area contributed by atoms with Gasteiger partial charge in [-0.15, -0.1) is 0 Å². The summed E-state index contributed by atoms with van der Waals surface area (Å²) in [6, 6.07) is 62.7. The summed E-state index contributed by atoms with van der Waals surface area (Å²) in [5.74, 6) is 0. The minimum atomic E-state index is -0.0632. The average Bonchev–Trinajstić information content (AvgIpc) is 3.77. The van der Waals surface area contributed by atoms with Gasteiger partial charge in [-0.25, -0.2) is 0 Å². The highest BCUT2D eigenvalue weighted by Gasteiger charge is 2.24. The summed E-state index contributed by atoms with van der Waals surface area (Å²) in [4.78, 5) is 4.55. The zero-order chi connectivity index (χ0) is 39.8. The molecule has 0 radical (unpaired) electrons. The molecule has 284 valence electrons. The molecule has 0 saturated carbocycles. The molecule has 2 N–H and O–H groups in total. The molecule has 0 aliphatic rings. The number of para-hydroxylation sites is 2. The van der Waals surface area contributed by atoms with Crippen LogP contribution in [0.1, 0.15) is 22.3 Å². The SMILES string of the molecule is Cc1cccc(N(c2ccc3cc4c5ccc(N(c6cccc(C)c6)c6ccccc6CO)cc5n5c6cc7ccccc7cc6c(c3c2)c45)c2ccccc2CO)c1. The van der Waals surface area contributed by atoms with E-state index in [1.54, 1.807) is 0 Å². The van der Waals surface area contributed by atoms with Crippen LogP contribution >= 0.6 is 0 Å². The van der Waals surface area contributed by atoms with E-state index in [2.05, 4.69) is 168 Å². The van der Waals surface area contributed by atoms with E-state index in [1.165, 1.54) is 59.7 Å². The normalized spacial score (nSPS) is 11.9. The molecule has 5 heteroatoms. The number of aromatic nitrogens is 1. The summed E-state index contributed by atoms with van der Waals surface area (Å²) in [6.45, 7) is 4.11. The van der Waals surface area contributed by atoms with E-state index in [4.69, 9.17) is 0 Å². The minimum absolute atomic E-state index is 0.0621. The van der Waals surface area contributed by atoms with Crippen LogP contribution in [-0.4, -0.2) is 14.6 Å². The number of anilines is 6. The Labute approximate surface area is 342 Å². The molecule has 0 bridgehead atoms. The molecule has 0 fully saturated rings. The molecule has 9 aromatic carbocycles. The number of aryl methyl sites for hydroxylation is 2. The smallest absolute Gasteiger partial charge is 0.0702 e. The van der Waals surface area contributed by atoms with E-state index in [-0.39, 0.29) is 13.2 Å². The molecule has 0 atom stereocenters. The lowest BCUT2D eigenvalue weighted by Crippen LogP contribution is -2.12. The number of hydrogen-bond donors (Lipinski definition) is 2. The second-order valence-electron chi connectivity index (χ2n) is 15.7. The third-order valence-corrected chi connectivity index (χ3v) is 12.1. The molecular weight excluding hydrogens is 723 g/mol. The number of rotatable bonds is 8. The second kappa shape index (κ2) is 13.7. The zero-order valence-electron chi connectivity index (χ0n) is 32.9. The van der Waals surface area contributed by atoms with Crippen molar-refractivity contribution in [1.82, 2.24) is 4.40 Å². The first-order valence-electron chi connectivity index (χ1n) is 20.2. The Bertz CT molecular complexity index is 3280. The highest BCUT2D eigenvalue weighted by Crippen LogP contribution is 2.48. The number of benzene rings is 9. The topological polar surface area (TPSA) is 51.4 Å². The van der Waals surface area contributed by atoms with Crippen molar-refractivity contribution in [1.29, 1.82) is 0 Å². The van der Waals surface area contributed by atoms with Crippen molar-refractivity contribution in [3.63, 3.8) is 0 Å². The van der Waals surface area contributed by atoms with Crippen molar-refractivity contribution >= 4 is 93.8 Å². The first-order valence-corrected chi connectivity index (χ1v) is 20.2. The predicted molar refractivity (Wildman–Crippen MR) is 247 cm³/mol. The van der Waals surface area contributed by atoms with Gasteiger partial charge in [0.05, 0.1) is 41.1 Å². The fraction of sp³-hybridized carbons (Fsp3) is 0.0741. The first-order chi connectivity index (χ1) is 29.0. The lowest BCUT2D eigenvalue weighted by atomic mass is 9.97. The molecule has 0 aliphatic heterocycles. The van der Waals surface area contributed by atoms with Gasteiger partial charge >= 0.3 is 0 Å². The first kappa shape index (κ1) is 35.0. The predicted octanol–water partition coefficient (Wildman–Crippen LogP) is 13.7. The molecule has 0 spiro atoms. The van der Waals surface area contributed by atoms with Gasteiger partial charge in [-0.3, -0.25) is 0 Å². The maximum atomic E-state index is 10.5. The number of hydrogen-bond acceptors (Lipinski definition) is 4. The van der Waals surface area contributed by atoms with Crippen LogP contribution in [0.4, 0.5) is 34.1 Å². The summed E-state index contributed by atoms with van der Waals surface area (Å²) in [5.41, 5.74) is 13.6. The van der Waals surface area contributed by atoms with E-state index in [9.17, 15) is 10.2 Å². The largest absolute Gasteiger partial charge is 0.392 e. The van der Waals surface area contributed by atoms with Gasteiger partial charge in [0.25, 0.3) is 0 Å². The van der Waals surface area contributed by atoms with Gasteiger partial charge in [-0.05, 0) is 125 Å². The van der Waals surface area contributed by atoms with Gasteiger partial charge < -0.3 is 24.4 Å². The standard InChI is InChI=1S/C54H41N3O2/c1-34-11-9-17-41(25-34)55(49-19-7-5-15-39(49)32-58)43-22-21-38-28-47-45-24-23-44(56(42-18-10-12-35(2)26-42)50-20-8-6-16-40(50)33-59)31-52(45)57-51-29-37-14-4-3-13-36(37)27-48(51)53(54(47)57)46(38)30-43/h3-31,58-59H,32-33H2,1-2H3. The Kier molecular flexibility index (Phi) is 8.15. The summed E-state index contributed by atoms with van der Waals surface area (Å²) in [6.07, 6.45) is 0. The Morgan fingerprint density at radius 2 is 0.932 bits per heavy atom. The van der Waals surface area contributed by atoms with Crippen LogP contribution in [0.3, 0.4) is 0 Å². The summed E-state index contributed by atoms with van der Waals surface area (Å²) >= 11 is 0. The van der Waals surface area contributed by atoms with Crippen LogP contribution in [-0.2, 0) is 13.2 Å². The third kappa shape index (κ3) is 5.54. The van der Waals surface area contributed by atoms with Crippen molar-refractivity contribution in [2.45, 2.75) is 27.1 Å². The Morgan fingerprint density at radius 1 is 0.407 bits per heavy atom. The molecule has 5 nitrogen and oxygen atoms in total. The maximum absolute atomic E-state index is 10.5. The Morgan fingerprint density at radius 3 is 1.56 bits per heavy atom. The molecule has 0 unspecified atom stereocenters. The van der Waals surface area contributed by atoms with Gasteiger partial charge in [-0.2, -0.15) is 0 Å². The van der Waals surface area contributed by atoms with Crippen molar-refractivity contribution < 1.29 is 10.2 Å². The summed E-state index contributed by atoms with van der Waals surface area (Å²) in [5, 5.41) is 30.6. The van der Waals surface area contributed by atoms with Crippen LogP contribution in [0, 0.1) is 13.8 Å². The van der Waals surface area contributed by atoms with Crippen molar-refractivity contribution in [2.75, 3.05) is 9.80 Å². The van der Waals surface area contributed by atoms with Gasteiger partial charge in [0.1, 0.15) is 0 Å². The molecule has 0 aliphatic carbocycles. The summed E-state index contributed by atoms with van der Waals surface area (Å²) < 4.78 is 2.48. The fourth-order valence-electron chi connectivity index (χ4n) is 9.39. The van der Waals surface area contributed by atoms with Gasteiger partial charge in [0, 0.05) is 55.4 Å². The molecule has 0 amide bonds. The average molecular weight is 764 g/mol. The molecule has 59 heavy (non-hydrogen) atoms.